The molecule has 370 valence electrons. The monoisotopic (exact) mass is 1070 g/mol. The first-order valence-electron chi connectivity index (χ1n) is 26.8. The number of fused-ring (bicyclic) bond motifs is 2. The molecule has 4 fully saturated rings. The molecule has 0 aliphatic heterocycles. The van der Waals surface area contributed by atoms with Crippen LogP contribution in [0, 0.1) is 11.8 Å². The maximum absolute atomic E-state index is 11.4. The minimum atomic E-state index is -3.93. The average Bonchev–Trinajstić information content (AvgIpc) is 3.74. The predicted octanol–water partition coefficient (Wildman–Crippen LogP) is 13.7. The van der Waals surface area contributed by atoms with Crippen molar-refractivity contribution in [3.05, 3.63) is 131 Å². The van der Waals surface area contributed by atoms with Gasteiger partial charge in [-0.15, -0.1) is 69.1 Å². The summed E-state index contributed by atoms with van der Waals surface area (Å²) in [5.74, 6) is 3.37. The van der Waals surface area contributed by atoms with E-state index in [0.717, 1.165) is 23.7 Å². The van der Waals surface area contributed by atoms with E-state index < -0.39 is 18.0 Å². The fraction of sp³-hybridized carbons (Fsp3) is 0.516. The van der Waals surface area contributed by atoms with E-state index in [4.69, 9.17) is 0 Å². The number of rotatable bonds is 10. The quantitative estimate of drug-likeness (QED) is 0.0729. The van der Waals surface area contributed by atoms with Crippen molar-refractivity contribution >= 4 is 27.0 Å². The third kappa shape index (κ3) is 16.8. The van der Waals surface area contributed by atoms with Gasteiger partial charge in [-0.1, -0.05) is 187 Å². The second-order valence-corrected chi connectivity index (χ2v) is 29.6. The molecule has 4 aliphatic rings. The molecule has 4 saturated carbocycles. The van der Waals surface area contributed by atoms with Gasteiger partial charge in [0.2, 0.25) is 0 Å². The summed E-state index contributed by atoms with van der Waals surface area (Å²) in [6.45, 7) is 1.93. The van der Waals surface area contributed by atoms with Gasteiger partial charge in [-0.3, -0.25) is 0 Å². The molecule has 0 bridgehead atoms. The van der Waals surface area contributed by atoms with E-state index in [-0.39, 0.29) is 24.8 Å². The van der Waals surface area contributed by atoms with Crippen LogP contribution < -0.4 is 24.8 Å². The number of hydrogen-bond acceptors (Lipinski definition) is 0. The molecule has 0 heterocycles. The Morgan fingerprint density at radius 1 is 0.493 bits per heavy atom. The zero-order valence-corrected chi connectivity index (χ0v) is 46.4. The Kier molecular flexibility index (Phi) is 22.8. The summed E-state index contributed by atoms with van der Waals surface area (Å²) < 4.78 is 34.3. The molecule has 6 aromatic carbocycles. The molecule has 0 N–H and O–H groups in total. The van der Waals surface area contributed by atoms with Gasteiger partial charge in [-0.2, -0.15) is 12.1 Å². The van der Waals surface area contributed by atoms with E-state index >= 15 is 0 Å². The third-order valence-corrected chi connectivity index (χ3v) is 18.8. The second kappa shape index (κ2) is 28.1. The summed E-state index contributed by atoms with van der Waals surface area (Å²) >= 11 is 1.29. The van der Waals surface area contributed by atoms with Gasteiger partial charge in [0.1, 0.15) is 0 Å². The van der Waals surface area contributed by atoms with Crippen molar-refractivity contribution in [1.29, 1.82) is 0 Å². The summed E-state index contributed by atoms with van der Waals surface area (Å²) in [5, 5.41) is 5.73. The van der Waals surface area contributed by atoms with Crippen molar-refractivity contribution < 1.29 is 61.3 Å². The smallest absolute Gasteiger partial charge is 0.0162 e. The van der Waals surface area contributed by atoms with Crippen LogP contribution in [0.5, 0.6) is 0 Å². The fourth-order valence-corrected chi connectivity index (χ4v) is 13.8. The zero-order chi connectivity index (χ0) is 46.4. The van der Waals surface area contributed by atoms with Crippen LogP contribution in [0.15, 0.2) is 109 Å². The van der Waals surface area contributed by atoms with E-state index in [1.807, 2.05) is 6.55 Å². The minimum absolute atomic E-state index is 0. The van der Waals surface area contributed by atoms with Crippen molar-refractivity contribution in [2.24, 2.45) is 11.8 Å². The van der Waals surface area contributed by atoms with Gasteiger partial charge in [0.25, 0.3) is 0 Å². The Morgan fingerprint density at radius 3 is 1.17 bits per heavy atom. The zero-order valence-electron chi connectivity index (χ0n) is 41.5. The van der Waals surface area contributed by atoms with Crippen LogP contribution in [-0.4, -0.2) is 11.6 Å². The molecule has 10 rings (SSSR count). The molecule has 0 amide bonds. The van der Waals surface area contributed by atoms with E-state index in [9.17, 15) is 13.2 Å². The molecule has 69 heavy (non-hydrogen) atoms. The molecular weight excluding hydrogens is 992 g/mol. The molecule has 0 radical (unpaired) electrons. The van der Waals surface area contributed by atoms with E-state index in [0.29, 0.717) is 6.04 Å². The second-order valence-electron chi connectivity index (χ2n) is 21.3. The van der Waals surface area contributed by atoms with Crippen molar-refractivity contribution in [1.82, 2.24) is 0 Å². The largest absolute Gasteiger partial charge is 1.00 e. The van der Waals surface area contributed by atoms with Crippen LogP contribution in [0.3, 0.4) is 0 Å². The first-order chi connectivity index (χ1) is 32.6. The Balaban J connectivity index is 0.000000189. The summed E-state index contributed by atoms with van der Waals surface area (Å²) in [5.41, 5.74) is 11.2. The van der Waals surface area contributed by atoms with Crippen molar-refractivity contribution in [3.63, 3.8) is 0 Å². The molecule has 4 aliphatic carbocycles. The minimum Gasteiger partial charge on any atom is -1.00 e. The standard InChI is InChI=1S/2C29H35.C4H7F3Si.2ClH.Zr/c2*1-2-5-10-22(9-4-1)19-23-20-27-13-8-14-28(29(27)21-23)26-17-15-25(16-18-26)24-11-6-3-7-12-24;1-8-3-2-4(5,6)7;;;/h2*8,13-18,20-22,24H,1-7,9-12,19H2;2-3H2,1H3;2*1H;/q2*-1;;;;+2/p-2. The molecule has 0 unspecified atom stereocenters. The maximum Gasteiger partial charge on any atom is -0.0162 e. The third-order valence-electron chi connectivity index (χ3n) is 16.0. The number of hydrogen-bond donors (Lipinski definition) is 0. The SMILES string of the molecule is C[Si](=[Zr+2])CCC(F)(F)F.[Cl-].[Cl-].c1cc(-c2ccc(C3CCCCC3)cc2)c2cc(CC3CCCCCC3)[cH-]c2c1.c1cc(-c2ccc(C3CCCCC3)cc2)c2cc(CC3CCCCCC3)[cH-]c2c1. The molecule has 0 saturated heterocycles. The summed E-state index contributed by atoms with van der Waals surface area (Å²) in [7, 11) is 0. The van der Waals surface area contributed by atoms with Crippen LogP contribution in [-0.2, 0) is 36.2 Å². The van der Waals surface area contributed by atoms with Gasteiger partial charge in [0, 0.05) is 0 Å². The van der Waals surface area contributed by atoms with Crippen molar-refractivity contribution in [2.75, 3.05) is 0 Å². The number of halogens is 5. The summed E-state index contributed by atoms with van der Waals surface area (Å²) in [4.78, 5) is 0. The summed E-state index contributed by atoms with van der Waals surface area (Å²) in [6, 6.07) is 43.1. The average molecular weight is 1070 g/mol. The fourth-order valence-electron chi connectivity index (χ4n) is 12.2. The first-order valence-corrected chi connectivity index (χ1v) is 32.7. The Hall–Kier alpha value is -2.43. The van der Waals surface area contributed by atoms with Crippen LogP contribution >= 0.6 is 0 Å². The van der Waals surface area contributed by atoms with E-state index in [1.54, 1.807) is 22.3 Å². The molecular formula is C62H77Cl2F3SiZr-2. The molecule has 0 atom stereocenters. The van der Waals surface area contributed by atoms with Gasteiger partial charge in [0.15, 0.2) is 0 Å². The summed E-state index contributed by atoms with van der Waals surface area (Å²) in [6.07, 6.45) is 29.2. The Morgan fingerprint density at radius 2 is 0.841 bits per heavy atom. The van der Waals surface area contributed by atoms with E-state index in [2.05, 4.69) is 109 Å². The van der Waals surface area contributed by atoms with Gasteiger partial charge < -0.3 is 24.8 Å². The Bertz CT molecular complexity index is 2260. The van der Waals surface area contributed by atoms with Gasteiger partial charge >= 0.3 is 67.1 Å². The van der Waals surface area contributed by atoms with E-state index in [1.165, 1.54) is 221 Å². The van der Waals surface area contributed by atoms with Gasteiger partial charge in [-0.05, 0) is 84.5 Å². The molecule has 7 heteroatoms. The molecule has 0 spiro atoms. The topological polar surface area (TPSA) is 0 Å². The maximum atomic E-state index is 11.4. The van der Waals surface area contributed by atoms with Crippen LogP contribution in [0.4, 0.5) is 13.2 Å². The van der Waals surface area contributed by atoms with Gasteiger partial charge in [-0.25, -0.2) is 0 Å². The number of benzene rings is 4. The normalized spacial score (nSPS) is 17.9. The van der Waals surface area contributed by atoms with Crippen molar-refractivity contribution in [3.8, 4) is 22.3 Å². The van der Waals surface area contributed by atoms with Crippen LogP contribution in [0.1, 0.15) is 182 Å². The molecule has 0 nitrogen and oxygen atoms in total. The van der Waals surface area contributed by atoms with Gasteiger partial charge in [0.05, 0.1) is 0 Å². The number of alkyl halides is 3. The predicted molar refractivity (Wildman–Crippen MR) is 278 cm³/mol. The first kappa shape index (κ1) is 55.9. The molecule has 0 aromatic heterocycles. The van der Waals surface area contributed by atoms with Crippen LogP contribution in [0.25, 0.3) is 43.8 Å². The van der Waals surface area contributed by atoms with Crippen LogP contribution in [0.2, 0.25) is 12.6 Å². The Labute approximate surface area is 441 Å². The molecule has 6 aromatic rings. The van der Waals surface area contributed by atoms with Crippen molar-refractivity contribution in [2.45, 2.75) is 191 Å².